The number of nitrogens with zero attached hydrogens (tertiary/aromatic N) is 2. The molecule has 2 aromatic rings. The molecule has 0 saturated carbocycles. The van der Waals surface area contributed by atoms with Gasteiger partial charge < -0.3 is 9.88 Å². The number of hydrogen-bond acceptors (Lipinski definition) is 2. The van der Waals surface area contributed by atoms with Gasteiger partial charge in [-0.15, -0.1) is 0 Å². The van der Waals surface area contributed by atoms with Crippen LogP contribution in [0.3, 0.4) is 0 Å². The summed E-state index contributed by atoms with van der Waals surface area (Å²) in [7, 11) is 0. The smallest absolute Gasteiger partial charge is 0.140 e. The van der Waals surface area contributed by atoms with Gasteiger partial charge in [-0.05, 0) is 6.42 Å². The van der Waals surface area contributed by atoms with E-state index >= 15 is 0 Å². The van der Waals surface area contributed by atoms with E-state index in [9.17, 15) is 0 Å². The third-order valence-corrected chi connectivity index (χ3v) is 3.75. The van der Waals surface area contributed by atoms with Gasteiger partial charge in [0.2, 0.25) is 0 Å². The van der Waals surface area contributed by atoms with E-state index in [1.807, 2.05) is 0 Å². The van der Waals surface area contributed by atoms with Crippen molar-refractivity contribution in [2.75, 3.05) is 6.54 Å². The summed E-state index contributed by atoms with van der Waals surface area (Å²) in [6.07, 6.45) is 3.54. The molecule has 19 heavy (non-hydrogen) atoms. The molecule has 0 amide bonds. The van der Waals surface area contributed by atoms with Crippen molar-refractivity contribution in [3.8, 4) is 11.4 Å². The highest BCUT2D eigenvalue weighted by molar-refractivity contribution is 5.57. The van der Waals surface area contributed by atoms with E-state index in [0.717, 1.165) is 31.9 Å². The predicted octanol–water partition coefficient (Wildman–Crippen LogP) is 3.00. The molecule has 1 N–H and O–H groups in total. The molecule has 0 bridgehead atoms. The van der Waals surface area contributed by atoms with Crippen LogP contribution in [0.4, 0.5) is 0 Å². The van der Waals surface area contributed by atoms with E-state index in [2.05, 4.69) is 47.1 Å². The quantitative estimate of drug-likeness (QED) is 0.910. The van der Waals surface area contributed by atoms with Crippen molar-refractivity contribution in [1.82, 2.24) is 14.9 Å². The van der Waals surface area contributed by atoms with Crippen molar-refractivity contribution >= 4 is 0 Å². The third kappa shape index (κ3) is 2.43. The zero-order chi connectivity index (χ0) is 13.1. The summed E-state index contributed by atoms with van der Waals surface area (Å²) in [5, 5.41) is 3.41. The number of imidazole rings is 1. The molecular formula is C16H21N3. The van der Waals surface area contributed by atoms with Crippen molar-refractivity contribution < 1.29 is 0 Å². The maximum absolute atomic E-state index is 4.87. The monoisotopic (exact) mass is 255 g/mol. The highest BCUT2D eigenvalue weighted by atomic mass is 15.1. The van der Waals surface area contributed by atoms with Crippen molar-refractivity contribution in [1.29, 1.82) is 0 Å². The van der Waals surface area contributed by atoms with E-state index < -0.39 is 0 Å². The van der Waals surface area contributed by atoms with Gasteiger partial charge in [0.25, 0.3) is 0 Å². The van der Waals surface area contributed by atoms with Crippen molar-refractivity contribution in [3.63, 3.8) is 0 Å². The lowest BCUT2D eigenvalue weighted by Crippen LogP contribution is -2.25. The molecule has 0 fully saturated rings. The minimum absolute atomic E-state index is 0.911. The first-order valence-corrected chi connectivity index (χ1v) is 7.24. The molecule has 2 heterocycles. The van der Waals surface area contributed by atoms with E-state index in [1.54, 1.807) is 0 Å². The molecule has 1 aromatic carbocycles. The van der Waals surface area contributed by atoms with Crippen LogP contribution in [0.1, 0.15) is 31.2 Å². The first kappa shape index (κ1) is 12.4. The van der Waals surface area contributed by atoms with Gasteiger partial charge in [-0.25, -0.2) is 4.98 Å². The zero-order valence-corrected chi connectivity index (χ0v) is 11.5. The van der Waals surface area contributed by atoms with Crippen LogP contribution in [-0.2, 0) is 19.5 Å². The fourth-order valence-electron chi connectivity index (χ4n) is 2.74. The highest BCUT2D eigenvalue weighted by Crippen LogP contribution is 2.25. The number of aromatic nitrogens is 2. The minimum Gasteiger partial charge on any atom is -0.328 e. The van der Waals surface area contributed by atoms with E-state index in [1.165, 1.54) is 29.8 Å². The summed E-state index contributed by atoms with van der Waals surface area (Å²) in [5.41, 5.74) is 3.90. The molecule has 0 saturated heterocycles. The van der Waals surface area contributed by atoms with E-state index in [0.29, 0.717) is 0 Å². The molecule has 1 aliphatic heterocycles. The number of nitrogens with one attached hydrogen (secondary N) is 1. The van der Waals surface area contributed by atoms with Gasteiger partial charge in [0, 0.05) is 37.3 Å². The average Bonchev–Trinajstić information content (AvgIpc) is 2.85. The van der Waals surface area contributed by atoms with Crippen LogP contribution < -0.4 is 5.32 Å². The normalized spacial score (nSPS) is 14.4. The summed E-state index contributed by atoms with van der Waals surface area (Å²) >= 11 is 0. The van der Waals surface area contributed by atoms with Gasteiger partial charge in [0.1, 0.15) is 5.82 Å². The molecule has 1 aromatic heterocycles. The summed E-state index contributed by atoms with van der Waals surface area (Å²) in [6.45, 7) is 5.31. The second-order valence-corrected chi connectivity index (χ2v) is 5.13. The summed E-state index contributed by atoms with van der Waals surface area (Å²) in [5.74, 6) is 1.14. The van der Waals surface area contributed by atoms with Gasteiger partial charge in [0.05, 0.1) is 5.69 Å². The fraction of sp³-hybridized carbons (Fsp3) is 0.438. The Hall–Kier alpha value is -1.61. The van der Waals surface area contributed by atoms with Crippen molar-refractivity contribution in [3.05, 3.63) is 41.7 Å². The highest BCUT2D eigenvalue weighted by Gasteiger charge is 2.19. The van der Waals surface area contributed by atoms with Crippen molar-refractivity contribution in [2.24, 2.45) is 0 Å². The predicted molar refractivity (Wildman–Crippen MR) is 78.0 cm³/mol. The molecule has 0 unspecified atom stereocenters. The Morgan fingerprint density at radius 1 is 1.26 bits per heavy atom. The van der Waals surface area contributed by atoms with Crippen LogP contribution >= 0.6 is 0 Å². The Morgan fingerprint density at radius 3 is 2.89 bits per heavy atom. The van der Waals surface area contributed by atoms with Crippen LogP contribution in [-0.4, -0.2) is 16.1 Å². The Labute approximate surface area is 114 Å². The number of fused-ring (bicyclic) bond motifs is 1. The van der Waals surface area contributed by atoms with E-state index in [-0.39, 0.29) is 0 Å². The zero-order valence-electron chi connectivity index (χ0n) is 11.5. The molecule has 3 rings (SSSR count). The van der Waals surface area contributed by atoms with E-state index in [4.69, 9.17) is 4.98 Å². The van der Waals surface area contributed by atoms with Crippen LogP contribution in [0.5, 0.6) is 0 Å². The van der Waals surface area contributed by atoms with Gasteiger partial charge in [-0.3, -0.25) is 0 Å². The maximum Gasteiger partial charge on any atom is 0.140 e. The standard InChI is InChI=1S/C16H21N3/c1-2-3-11-19-15-9-10-17-12-14(15)18-16(19)13-7-5-4-6-8-13/h4-8,17H,2-3,9-12H2,1H3. The fourth-order valence-corrected chi connectivity index (χ4v) is 2.74. The van der Waals surface area contributed by atoms with Gasteiger partial charge in [-0.2, -0.15) is 0 Å². The molecule has 0 aliphatic carbocycles. The van der Waals surface area contributed by atoms with Crippen LogP contribution in [0.2, 0.25) is 0 Å². The Kier molecular flexibility index (Phi) is 3.65. The Bertz CT molecular complexity index is 543. The average molecular weight is 255 g/mol. The van der Waals surface area contributed by atoms with Gasteiger partial charge >= 0.3 is 0 Å². The molecule has 3 nitrogen and oxygen atoms in total. The largest absolute Gasteiger partial charge is 0.328 e. The number of hydrogen-bond donors (Lipinski definition) is 1. The molecule has 100 valence electrons. The first-order chi connectivity index (χ1) is 9.40. The molecule has 0 atom stereocenters. The molecule has 3 heteroatoms. The maximum atomic E-state index is 4.87. The lowest BCUT2D eigenvalue weighted by molar-refractivity contribution is 0.569. The molecule has 1 aliphatic rings. The molecular weight excluding hydrogens is 234 g/mol. The summed E-state index contributed by atoms with van der Waals surface area (Å²) in [6, 6.07) is 10.6. The van der Waals surface area contributed by atoms with Crippen molar-refractivity contribution in [2.45, 2.75) is 39.3 Å². The van der Waals surface area contributed by atoms with Crippen LogP contribution in [0.25, 0.3) is 11.4 Å². The number of benzene rings is 1. The van der Waals surface area contributed by atoms with Gasteiger partial charge in [-0.1, -0.05) is 43.7 Å². The lowest BCUT2D eigenvalue weighted by atomic mass is 10.1. The molecule has 0 spiro atoms. The lowest BCUT2D eigenvalue weighted by Gasteiger charge is -2.16. The Balaban J connectivity index is 2.05. The van der Waals surface area contributed by atoms with Gasteiger partial charge in [0.15, 0.2) is 0 Å². The third-order valence-electron chi connectivity index (χ3n) is 3.75. The van der Waals surface area contributed by atoms with Crippen LogP contribution in [0, 0.1) is 0 Å². The van der Waals surface area contributed by atoms with Crippen LogP contribution in [0.15, 0.2) is 30.3 Å². The summed E-state index contributed by atoms with van der Waals surface area (Å²) < 4.78 is 2.44. The molecule has 0 radical (unpaired) electrons. The second kappa shape index (κ2) is 5.57. The Morgan fingerprint density at radius 2 is 2.11 bits per heavy atom. The second-order valence-electron chi connectivity index (χ2n) is 5.13. The first-order valence-electron chi connectivity index (χ1n) is 7.24. The minimum atomic E-state index is 0.911. The topological polar surface area (TPSA) is 29.9 Å². The number of unbranched alkanes of at least 4 members (excludes halogenated alkanes) is 1. The summed E-state index contributed by atoms with van der Waals surface area (Å²) in [4.78, 5) is 4.87. The SMILES string of the molecule is CCCCn1c(-c2ccccc2)nc2c1CCNC2. The number of rotatable bonds is 4.